The molecule has 0 saturated carbocycles. The molecule has 2 rings (SSSR count). The van der Waals surface area contributed by atoms with Gasteiger partial charge in [-0.2, -0.15) is 0 Å². The van der Waals surface area contributed by atoms with Gasteiger partial charge in [0.05, 0.1) is 16.7 Å². The molecule has 0 aromatic heterocycles. The van der Waals surface area contributed by atoms with Crippen LogP contribution in [-0.4, -0.2) is 52.8 Å². The monoisotopic (exact) mass is 357 g/mol. The first-order chi connectivity index (χ1) is 10.8. The minimum atomic E-state index is -0.788. The molecule has 0 unspecified atom stereocenters. The second kappa shape index (κ2) is 7.29. The number of imide groups is 2. The van der Waals surface area contributed by atoms with E-state index in [1.807, 2.05) is 13.0 Å². The normalized spacial score (nSPS) is 15.3. The van der Waals surface area contributed by atoms with Crippen LogP contribution in [0.3, 0.4) is 0 Å². The quantitative estimate of drug-likeness (QED) is 0.579. The Kier molecular flexibility index (Phi) is 5.62. The van der Waals surface area contributed by atoms with Gasteiger partial charge in [-0.3, -0.25) is 19.4 Å². The number of halogens is 2. The Hall–Kier alpha value is -1.63. The minimum absolute atomic E-state index is 0.0316. The highest BCUT2D eigenvalue weighted by Gasteiger charge is 2.44. The van der Waals surface area contributed by atoms with Crippen molar-refractivity contribution >= 4 is 41.0 Å². The summed E-state index contributed by atoms with van der Waals surface area (Å²) in [7, 11) is 1.75. The molecule has 8 heteroatoms. The van der Waals surface area contributed by atoms with Crippen molar-refractivity contribution in [3.05, 3.63) is 33.8 Å². The molecule has 0 bridgehead atoms. The number of urea groups is 1. The third-order valence-electron chi connectivity index (χ3n) is 3.40. The lowest BCUT2D eigenvalue weighted by molar-refractivity contribution is -0.143. The number of hydrogen-bond acceptors (Lipinski definition) is 4. The van der Waals surface area contributed by atoms with Gasteiger partial charge in [-0.15, -0.1) is 0 Å². The number of carbonyl (C=O) groups excluding carboxylic acids is 3. The van der Waals surface area contributed by atoms with Gasteiger partial charge >= 0.3 is 17.8 Å². The third-order valence-corrected chi connectivity index (χ3v) is 4.14. The number of rotatable bonds is 6. The van der Waals surface area contributed by atoms with Crippen molar-refractivity contribution in [2.45, 2.75) is 19.9 Å². The maximum absolute atomic E-state index is 12.1. The second-order valence-corrected chi connectivity index (χ2v) is 6.19. The molecule has 1 aromatic carbocycles. The molecule has 124 valence electrons. The SMILES string of the molecule is CCCN1C(=O)C(=O)N(CN(C)Cc2ccc(Cl)c(Cl)c2)C1=O. The summed E-state index contributed by atoms with van der Waals surface area (Å²) in [6.07, 6.45) is 0.609. The zero-order valence-electron chi connectivity index (χ0n) is 12.9. The minimum Gasteiger partial charge on any atom is -0.284 e. The summed E-state index contributed by atoms with van der Waals surface area (Å²) in [4.78, 5) is 39.6. The van der Waals surface area contributed by atoms with Crippen LogP contribution in [-0.2, 0) is 16.1 Å². The van der Waals surface area contributed by atoms with Crippen LogP contribution in [0.5, 0.6) is 0 Å². The van der Waals surface area contributed by atoms with Gasteiger partial charge in [0.15, 0.2) is 0 Å². The van der Waals surface area contributed by atoms with Crippen LogP contribution in [0.1, 0.15) is 18.9 Å². The molecule has 1 saturated heterocycles. The average Bonchev–Trinajstić information content (AvgIpc) is 2.69. The topological polar surface area (TPSA) is 60.9 Å². The molecule has 1 heterocycles. The third kappa shape index (κ3) is 3.83. The highest BCUT2D eigenvalue weighted by Crippen LogP contribution is 2.23. The molecule has 1 aliphatic heterocycles. The summed E-state index contributed by atoms with van der Waals surface area (Å²) in [6, 6.07) is 4.66. The molecule has 0 N–H and O–H groups in total. The Morgan fingerprint density at radius 1 is 1.04 bits per heavy atom. The van der Waals surface area contributed by atoms with E-state index < -0.39 is 17.8 Å². The van der Waals surface area contributed by atoms with E-state index in [1.165, 1.54) is 0 Å². The zero-order valence-corrected chi connectivity index (χ0v) is 14.4. The fraction of sp³-hybridized carbons (Fsp3) is 0.400. The van der Waals surface area contributed by atoms with Crippen molar-refractivity contribution in [2.75, 3.05) is 20.3 Å². The van der Waals surface area contributed by atoms with E-state index in [2.05, 4.69) is 0 Å². The average molecular weight is 358 g/mol. The fourth-order valence-electron chi connectivity index (χ4n) is 2.34. The van der Waals surface area contributed by atoms with Crippen molar-refractivity contribution in [2.24, 2.45) is 0 Å². The second-order valence-electron chi connectivity index (χ2n) is 5.38. The van der Waals surface area contributed by atoms with Gasteiger partial charge in [0, 0.05) is 13.1 Å². The van der Waals surface area contributed by atoms with Gasteiger partial charge in [-0.05, 0) is 31.2 Å². The lowest BCUT2D eigenvalue weighted by atomic mass is 10.2. The lowest BCUT2D eigenvalue weighted by Gasteiger charge is -2.22. The van der Waals surface area contributed by atoms with Gasteiger partial charge in [-0.25, -0.2) is 9.69 Å². The van der Waals surface area contributed by atoms with E-state index in [-0.39, 0.29) is 13.2 Å². The van der Waals surface area contributed by atoms with Gasteiger partial charge in [0.25, 0.3) is 0 Å². The molecule has 1 fully saturated rings. The van der Waals surface area contributed by atoms with Gasteiger partial charge in [0.2, 0.25) is 0 Å². The van der Waals surface area contributed by atoms with Crippen LogP contribution in [0.4, 0.5) is 4.79 Å². The molecule has 1 aromatic rings. The number of benzene rings is 1. The maximum atomic E-state index is 12.1. The first-order valence-corrected chi connectivity index (χ1v) is 7.90. The molecule has 0 radical (unpaired) electrons. The number of hydrogen-bond donors (Lipinski definition) is 0. The largest absolute Gasteiger partial charge is 0.335 e. The predicted octanol–water partition coefficient (Wildman–Crippen LogP) is 2.58. The maximum Gasteiger partial charge on any atom is 0.335 e. The Morgan fingerprint density at radius 2 is 1.70 bits per heavy atom. The van der Waals surface area contributed by atoms with E-state index >= 15 is 0 Å². The zero-order chi connectivity index (χ0) is 17.1. The highest BCUT2D eigenvalue weighted by atomic mass is 35.5. The van der Waals surface area contributed by atoms with Gasteiger partial charge < -0.3 is 0 Å². The van der Waals surface area contributed by atoms with Crippen LogP contribution in [0, 0.1) is 0 Å². The van der Waals surface area contributed by atoms with E-state index in [4.69, 9.17) is 23.2 Å². The Labute approximate surface area is 144 Å². The molecule has 1 aliphatic rings. The summed E-state index contributed by atoms with van der Waals surface area (Å²) in [5.74, 6) is -1.55. The molecule has 23 heavy (non-hydrogen) atoms. The fourth-order valence-corrected chi connectivity index (χ4v) is 2.66. The van der Waals surface area contributed by atoms with Gasteiger partial charge in [-0.1, -0.05) is 36.2 Å². The van der Waals surface area contributed by atoms with Crippen molar-refractivity contribution in [1.29, 1.82) is 0 Å². The molecule has 0 atom stereocenters. The van der Waals surface area contributed by atoms with Crippen LogP contribution in [0.25, 0.3) is 0 Å². The summed E-state index contributed by atoms with van der Waals surface area (Å²) in [6.45, 7) is 2.57. The molecule has 4 amide bonds. The van der Waals surface area contributed by atoms with Crippen molar-refractivity contribution in [3.8, 4) is 0 Å². The Bertz CT molecular complexity index is 651. The summed E-state index contributed by atoms with van der Waals surface area (Å²) in [5.41, 5.74) is 0.887. The van der Waals surface area contributed by atoms with Crippen molar-refractivity contribution in [1.82, 2.24) is 14.7 Å². The summed E-state index contributed by atoms with van der Waals surface area (Å²) >= 11 is 11.8. The van der Waals surface area contributed by atoms with E-state index in [0.717, 1.165) is 15.4 Å². The molecular weight excluding hydrogens is 341 g/mol. The first kappa shape index (κ1) is 17.7. The molecular formula is C15H17Cl2N3O3. The van der Waals surface area contributed by atoms with E-state index in [1.54, 1.807) is 24.1 Å². The highest BCUT2D eigenvalue weighted by molar-refractivity contribution is 6.44. The Balaban J connectivity index is 2.03. The van der Waals surface area contributed by atoms with Crippen molar-refractivity contribution in [3.63, 3.8) is 0 Å². The van der Waals surface area contributed by atoms with E-state index in [9.17, 15) is 14.4 Å². The summed E-state index contributed by atoms with van der Waals surface area (Å²) in [5, 5.41) is 0.902. The van der Waals surface area contributed by atoms with E-state index in [0.29, 0.717) is 23.0 Å². The van der Waals surface area contributed by atoms with Gasteiger partial charge in [0.1, 0.15) is 0 Å². The smallest absolute Gasteiger partial charge is 0.284 e. The predicted molar refractivity (Wildman–Crippen MR) is 87.0 cm³/mol. The molecule has 0 spiro atoms. The van der Waals surface area contributed by atoms with Crippen LogP contribution < -0.4 is 0 Å². The first-order valence-electron chi connectivity index (χ1n) is 7.15. The van der Waals surface area contributed by atoms with Crippen LogP contribution in [0.15, 0.2) is 18.2 Å². The molecule has 0 aliphatic carbocycles. The van der Waals surface area contributed by atoms with Crippen molar-refractivity contribution < 1.29 is 14.4 Å². The standard InChI is InChI=1S/C15H17Cl2N3O3/c1-3-6-19-13(21)14(22)20(15(19)23)9-18(2)8-10-4-5-11(16)12(17)7-10/h4-5,7H,3,6,8-9H2,1-2H3. The van der Waals surface area contributed by atoms with Crippen LogP contribution >= 0.6 is 23.2 Å². The Morgan fingerprint density at radius 3 is 2.30 bits per heavy atom. The summed E-state index contributed by atoms with van der Waals surface area (Å²) < 4.78 is 0. The molecule has 6 nitrogen and oxygen atoms in total. The van der Waals surface area contributed by atoms with Crippen LogP contribution in [0.2, 0.25) is 10.0 Å². The number of carbonyl (C=O) groups is 3. The lowest BCUT2D eigenvalue weighted by Crippen LogP contribution is -2.40. The number of nitrogens with zero attached hydrogens (tertiary/aromatic N) is 3. The number of amides is 4.